The lowest BCUT2D eigenvalue weighted by Gasteiger charge is -2.28. The van der Waals surface area contributed by atoms with Crippen molar-refractivity contribution in [2.24, 2.45) is 5.73 Å². The Hall–Kier alpha value is -3.68. The highest BCUT2D eigenvalue weighted by Crippen LogP contribution is 2.36. The molecule has 0 unspecified atom stereocenters. The number of rotatable bonds is 6. The number of aryl methyl sites for hydroxylation is 2. The molecule has 0 radical (unpaired) electrons. The Morgan fingerprint density at radius 2 is 1.72 bits per heavy atom. The Kier molecular flexibility index (Phi) is 5.36. The van der Waals surface area contributed by atoms with E-state index in [4.69, 9.17) is 5.73 Å². The summed E-state index contributed by atoms with van der Waals surface area (Å²) in [6, 6.07) is 13.7. The van der Waals surface area contributed by atoms with E-state index in [1.54, 1.807) is 30.3 Å². The molecule has 1 aliphatic rings. The molecule has 1 heterocycles. The van der Waals surface area contributed by atoms with Crippen molar-refractivity contribution >= 4 is 23.8 Å². The normalized spacial score (nSPS) is 18.5. The van der Waals surface area contributed by atoms with Gasteiger partial charge in [0.2, 0.25) is 11.8 Å². The molecule has 0 aromatic heterocycles. The maximum atomic E-state index is 13.5. The molecule has 1 aliphatic heterocycles. The summed E-state index contributed by atoms with van der Waals surface area (Å²) in [4.78, 5) is 50.0. The fourth-order valence-electron chi connectivity index (χ4n) is 3.33. The first kappa shape index (κ1) is 20.1. The predicted molar refractivity (Wildman–Crippen MR) is 106 cm³/mol. The van der Waals surface area contributed by atoms with Crippen molar-refractivity contribution in [3.63, 3.8) is 0 Å². The molecule has 8 nitrogen and oxygen atoms in total. The van der Waals surface area contributed by atoms with Gasteiger partial charge in [-0.2, -0.15) is 0 Å². The molecule has 29 heavy (non-hydrogen) atoms. The van der Waals surface area contributed by atoms with E-state index in [2.05, 4.69) is 10.6 Å². The van der Waals surface area contributed by atoms with Crippen LogP contribution < -0.4 is 16.4 Å². The molecule has 1 fully saturated rings. The highest BCUT2D eigenvalue weighted by atomic mass is 16.2. The van der Waals surface area contributed by atoms with Crippen LogP contribution in [0.4, 0.5) is 4.79 Å². The lowest BCUT2D eigenvalue weighted by Crippen LogP contribution is -2.46. The smallest absolute Gasteiger partial charge is 0.326 e. The first-order valence-corrected chi connectivity index (χ1v) is 9.08. The van der Waals surface area contributed by atoms with E-state index in [-0.39, 0.29) is 6.54 Å². The third kappa shape index (κ3) is 3.69. The molecule has 4 N–H and O–H groups in total. The molecule has 1 saturated heterocycles. The third-order valence-electron chi connectivity index (χ3n) is 5.01. The van der Waals surface area contributed by atoms with Gasteiger partial charge in [-0.15, -0.1) is 0 Å². The molecule has 0 aliphatic carbocycles. The Labute approximate surface area is 168 Å². The van der Waals surface area contributed by atoms with Gasteiger partial charge in [0, 0.05) is 0 Å². The zero-order valence-corrected chi connectivity index (χ0v) is 16.2. The van der Waals surface area contributed by atoms with Gasteiger partial charge >= 0.3 is 6.03 Å². The quantitative estimate of drug-likeness (QED) is 0.624. The number of amides is 5. The van der Waals surface area contributed by atoms with E-state index in [9.17, 15) is 19.2 Å². The molecule has 0 saturated carbocycles. The van der Waals surface area contributed by atoms with Gasteiger partial charge in [0.15, 0.2) is 5.54 Å². The summed E-state index contributed by atoms with van der Waals surface area (Å²) >= 11 is 0. The van der Waals surface area contributed by atoms with E-state index in [1.807, 2.05) is 32.0 Å². The molecule has 1 atom stereocenters. The van der Waals surface area contributed by atoms with E-state index >= 15 is 0 Å². The van der Waals surface area contributed by atoms with E-state index < -0.39 is 35.8 Å². The number of hydrogen-bond acceptors (Lipinski definition) is 4. The standard InChI is InChI=1S/C21H22N4O4/c1-13-8-9-16(10-14(13)2)21(15-6-4-3-5-7-15)19(28)25(20(29)24-21)12-18(27)23-11-17(22)26/h3-10H,11-12H2,1-2H3,(H2,22,26)(H,23,27)(H,24,29)/t21-/m0/s1. The van der Waals surface area contributed by atoms with E-state index in [0.29, 0.717) is 11.1 Å². The zero-order valence-electron chi connectivity index (χ0n) is 16.2. The van der Waals surface area contributed by atoms with Crippen LogP contribution in [0.2, 0.25) is 0 Å². The van der Waals surface area contributed by atoms with E-state index in [1.165, 1.54) is 0 Å². The third-order valence-corrected chi connectivity index (χ3v) is 5.01. The minimum atomic E-state index is -1.44. The Morgan fingerprint density at radius 1 is 1.03 bits per heavy atom. The SMILES string of the molecule is Cc1ccc([C@]2(c3ccccc3)NC(=O)N(CC(=O)NCC(N)=O)C2=O)cc1C. The summed E-state index contributed by atoms with van der Waals surface area (Å²) in [5.74, 6) is -1.94. The molecular weight excluding hydrogens is 372 g/mol. The van der Waals surface area contributed by atoms with Gasteiger partial charge < -0.3 is 16.4 Å². The Morgan fingerprint density at radius 3 is 2.34 bits per heavy atom. The molecular formula is C21H22N4O4. The summed E-state index contributed by atoms with van der Waals surface area (Å²) in [6.07, 6.45) is 0. The number of nitrogens with two attached hydrogens (primary N) is 1. The minimum absolute atomic E-state index is 0.372. The molecule has 5 amide bonds. The van der Waals surface area contributed by atoms with Crippen LogP contribution in [0, 0.1) is 13.8 Å². The lowest BCUT2D eigenvalue weighted by molar-refractivity contribution is -0.134. The van der Waals surface area contributed by atoms with E-state index in [0.717, 1.165) is 16.0 Å². The van der Waals surface area contributed by atoms with Gasteiger partial charge in [-0.05, 0) is 36.1 Å². The van der Waals surface area contributed by atoms with Crippen LogP contribution in [0.15, 0.2) is 48.5 Å². The van der Waals surface area contributed by atoms with Crippen LogP contribution in [0.5, 0.6) is 0 Å². The van der Waals surface area contributed by atoms with Crippen molar-refractivity contribution in [2.75, 3.05) is 13.1 Å². The number of imide groups is 1. The Balaban J connectivity index is 2.02. The largest absolute Gasteiger partial charge is 0.368 e. The lowest BCUT2D eigenvalue weighted by atomic mass is 9.81. The molecule has 8 heteroatoms. The Bertz CT molecular complexity index is 989. The number of carbonyl (C=O) groups is 4. The highest BCUT2D eigenvalue weighted by Gasteiger charge is 2.54. The number of urea groups is 1. The molecule has 2 aromatic rings. The zero-order chi connectivity index (χ0) is 21.2. The average molecular weight is 394 g/mol. The van der Waals surface area contributed by atoms with Crippen LogP contribution in [0.3, 0.4) is 0 Å². The van der Waals surface area contributed by atoms with Gasteiger partial charge in [-0.25, -0.2) is 4.79 Å². The van der Waals surface area contributed by atoms with Crippen LogP contribution >= 0.6 is 0 Å². The van der Waals surface area contributed by atoms with Crippen LogP contribution in [-0.2, 0) is 19.9 Å². The van der Waals surface area contributed by atoms with Gasteiger partial charge in [-0.3, -0.25) is 19.3 Å². The molecule has 3 rings (SSSR count). The average Bonchev–Trinajstić information content (AvgIpc) is 2.95. The summed E-state index contributed by atoms with van der Waals surface area (Å²) in [5.41, 5.74) is 6.78. The van der Waals surface area contributed by atoms with Crippen molar-refractivity contribution in [2.45, 2.75) is 19.4 Å². The van der Waals surface area contributed by atoms with Crippen LogP contribution in [-0.4, -0.2) is 41.7 Å². The van der Waals surface area contributed by atoms with Crippen molar-refractivity contribution in [1.29, 1.82) is 0 Å². The molecule has 2 aromatic carbocycles. The van der Waals surface area contributed by atoms with Crippen molar-refractivity contribution in [1.82, 2.24) is 15.5 Å². The number of primary amides is 1. The summed E-state index contributed by atoms with van der Waals surface area (Å²) in [7, 11) is 0. The highest BCUT2D eigenvalue weighted by molar-refractivity contribution is 6.11. The second-order valence-electron chi connectivity index (χ2n) is 6.98. The summed E-state index contributed by atoms with van der Waals surface area (Å²) in [5, 5.41) is 5.07. The predicted octanol–water partition coefficient (Wildman–Crippen LogP) is 0.700. The molecule has 0 spiro atoms. The van der Waals surface area contributed by atoms with Gasteiger partial charge in [-0.1, -0.05) is 48.5 Å². The second kappa shape index (κ2) is 7.75. The number of nitrogens with one attached hydrogen (secondary N) is 2. The maximum absolute atomic E-state index is 13.5. The first-order chi connectivity index (χ1) is 13.8. The number of carbonyl (C=O) groups excluding carboxylic acids is 4. The minimum Gasteiger partial charge on any atom is -0.368 e. The summed E-state index contributed by atoms with van der Waals surface area (Å²) < 4.78 is 0. The molecule has 150 valence electrons. The number of nitrogens with zero attached hydrogens (tertiary/aromatic N) is 1. The second-order valence-corrected chi connectivity index (χ2v) is 6.98. The van der Waals surface area contributed by atoms with Crippen molar-refractivity contribution in [3.05, 3.63) is 70.8 Å². The van der Waals surface area contributed by atoms with Crippen LogP contribution in [0.1, 0.15) is 22.3 Å². The maximum Gasteiger partial charge on any atom is 0.326 e. The van der Waals surface area contributed by atoms with Gasteiger partial charge in [0.25, 0.3) is 5.91 Å². The molecule has 0 bridgehead atoms. The monoisotopic (exact) mass is 394 g/mol. The fraction of sp³-hybridized carbons (Fsp3) is 0.238. The van der Waals surface area contributed by atoms with Crippen molar-refractivity contribution < 1.29 is 19.2 Å². The van der Waals surface area contributed by atoms with Crippen molar-refractivity contribution in [3.8, 4) is 0 Å². The topological polar surface area (TPSA) is 122 Å². The van der Waals surface area contributed by atoms with Gasteiger partial charge in [0.05, 0.1) is 6.54 Å². The van der Waals surface area contributed by atoms with Crippen LogP contribution in [0.25, 0.3) is 0 Å². The summed E-state index contributed by atoms with van der Waals surface area (Å²) in [6.45, 7) is 2.99. The first-order valence-electron chi connectivity index (χ1n) is 9.08. The fourth-order valence-corrected chi connectivity index (χ4v) is 3.33. The number of benzene rings is 2. The van der Waals surface area contributed by atoms with Gasteiger partial charge in [0.1, 0.15) is 6.54 Å². The number of hydrogen-bond donors (Lipinski definition) is 3.